The molecule has 0 saturated carbocycles. The third-order valence-corrected chi connectivity index (χ3v) is 3.97. The second kappa shape index (κ2) is 6.89. The van der Waals surface area contributed by atoms with Crippen molar-refractivity contribution in [1.82, 2.24) is 4.90 Å². The van der Waals surface area contributed by atoms with Gasteiger partial charge >= 0.3 is 5.97 Å². The summed E-state index contributed by atoms with van der Waals surface area (Å²) < 4.78 is 18.7. The second-order valence-corrected chi connectivity index (χ2v) is 5.65. The van der Waals surface area contributed by atoms with E-state index in [1.54, 1.807) is 0 Å². The van der Waals surface area contributed by atoms with Crippen molar-refractivity contribution < 1.29 is 23.8 Å². The van der Waals surface area contributed by atoms with E-state index in [-0.39, 0.29) is 12.5 Å². The van der Waals surface area contributed by atoms with Crippen molar-refractivity contribution in [3.8, 4) is 5.75 Å². The molecule has 5 nitrogen and oxygen atoms in total. The largest absolute Gasteiger partial charge is 0.483 e. The Morgan fingerprint density at radius 1 is 1.43 bits per heavy atom. The molecule has 21 heavy (non-hydrogen) atoms. The molecule has 0 spiro atoms. The van der Waals surface area contributed by atoms with E-state index >= 15 is 0 Å². The minimum absolute atomic E-state index is 0.270. The van der Waals surface area contributed by atoms with Crippen LogP contribution in [0.2, 0.25) is 0 Å². The lowest BCUT2D eigenvalue weighted by Gasteiger charge is -2.32. The van der Waals surface area contributed by atoms with E-state index in [0.717, 1.165) is 12.8 Å². The molecule has 0 bridgehead atoms. The number of carboxylic acid groups (broad SMARTS) is 1. The number of benzene rings is 1. The van der Waals surface area contributed by atoms with Gasteiger partial charge in [0.2, 0.25) is 0 Å². The lowest BCUT2D eigenvalue weighted by Crippen LogP contribution is -2.49. The fourth-order valence-corrected chi connectivity index (χ4v) is 2.77. The topological polar surface area (TPSA) is 66.8 Å². The Bertz CT molecular complexity index is 552. The second-order valence-electron chi connectivity index (χ2n) is 4.80. The van der Waals surface area contributed by atoms with Crippen LogP contribution in [0.4, 0.5) is 4.39 Å². The van der Waals surface area contributed by atoms with Crippen molar-refractivity contribution in [1.29, 1.82) is 0 Å². The lowest BCUT2D eigenvalue weighted by molar-refractivity contribution is -0.152. The van der Waals surface area contributed by atoms with Crippen molar-refractivity contribution in [3.05, 3.63) is 28.5 Å². The monoisotopic (exact) mass is 359 g/mol. The summed E-state index contributed by atoms with van der Waals surface area (Å²) in [5.41, 5.74) is 0. The van der Waals surface area contributed by atoms with Gasteiger partial charge in [-0.1, -0.05) is 0 Å². The van der Waals surface area contributed by atoms with Gasteiger partial charge in [0, 0.05) is 6.54 Å². The molecule has 1 atom stereocenters. The van der Waals surface area contributed by atoms with E-state index in [1.165, 1.54) is 23.1 Å². The van der Waals surface area contributed by atoms with Gasteiger partial charge in [-0.15, -0.1) is 0 Å². The summed E-state index contributed by atoms with van der Waals surface area (Å²) in [7, 11) is 0. The first kappa shape index (κ1) is 15.8. The Morgan fingerprint density at radius 3 is 2.86 bits per heavy atom. The maximum atomic E-state index is 13.0. The van der Waals surface area contributed by atoms with Crippen molar-refractivity contribution in [2.24, 2.45) is 0 Å². The number of carbonyl (C=O) groups is 2. The van der Waals surface area contributed by atoms with Gasteiger partial charge in [-0.3, -0.25) is 4.79 Å². The Morgan fingerprint density at radius 2 is 2.19 bits per heavy atom. The van der Waals surface area contributed by atoms with Crippen LogP contribution >= 0.6 is 15.9 Å². The SMILES string of the molecule is O=C(O)[C@H]1CCCCN1C(=O)COc1ccc(F)cc1Br. The normalized spacial score (nSPS) is 18.4. The minimum Gasteiger partial charge on any atom is -0.483 e. The molecule has 1 fully saturated rings. The van der Waals surface area contributed by atoms with Crippen LogP contribution in [0.3, 0.4) is 0 Å². The molecule has 2 rings (SSSR count). The van der Waals surface area contributed by atoms with Crippen molar-refractivity contribution >= 4 is 27.8 Å². The maximum Gasteiger partial charge on any atom is 0.326 e. The molecule has 0 unspecified atom stereocenters. The molecule has 1 aliphatic rings. The molecule has 1 aliphatic heterocycles. The molecule has 1 aromatic rings. The molecule has 1 N–H and O–H groups in total. The quantitative estimate of drug-likeness (QED) is 0.896. The van der Waals surface area contributed by atoms with Crippen LogP contribution in [0, 0.1) is 5.82 Å². The van der Waals surface area contributed by atoms with Crippen LogP contribution in [0.5, 0.6) is 5.75 Å². The van der Waals surface area contributed by atoms with Gasteiger partial charge in [-0.05, 0) is 53.4 Å². The van der Waals surface area contributed by atoms with E-state index in [4.69, 9.17) is 9.84 Å². The molecule has 7 heteroatoms. The summed E-state index contributed by atoms with van der Waals surface area (Å²) in [6, 6.07) is 3.09. The van der Waals surface area contributed by atoms with Crippen molar-refractivity contribution in [2.75, 3.05) is 13.2 Å². The number of rotatable bonds is 4. The van der Waals surface area contributed by atoms with Gasteiger partial charge in [0.25, 0.3) is 5.91 Å². The number of likely N-dealkylation sites (tertiary alicyclic amines) is 1. The zero-order valence-electron chi connectivity index (χ0n) is 11.2. The summed E-state index contributed by atoms with van der Waals surface area (Å²) in [6.07, 6.45) is 2.04. The van der Waals surface area contributed by atoms with Crippen LogP contribution in [0.1, 0.15) is 19.3 Å². The fraction of sp³-hybridized carbons (Fsp3) is 0.429. The minimum atomic E-state index is -0.994. The molecule has 0 aromatic heterocycles. The van der Waals surface area contributed by atoms with Crippen LogP contribution in [0.15, 0.2) is 22.7 Å². The van der Waals surface area contributed by atoms with E-state index in [1.807, 2.05) is 0 Å². The van der Waals surface area contributed by atoms with Gasteiger partial charge in [-0.25, -0.2) is 9.18 Å². The van der Waals surface area contributed by atoms with Crippen molar-refractivity contribution in [3.63, 3.8) is 0 Å². The van der Waals surface area contributed by atoms with Gasteiger partial charge in [0.15, 0.2) is 6.61 Å². The molecule has 1 amide bonds. The highest BCUT2D eigenvalue weighted by Crippen LogP contribution is 2.25. The summed E-state index contributed by atoms with van der Waals surface area (Å²) in [6.45, 7) is 0.151. The predicted molar refractivity (Wildman–Crippen MR) is 76.6 cm³/mol. The molecule has 1 aromatic carbocycles. The number of piperidine rings is 1. The number of aliphatic carboxylic acids is 1. The number of carbonyl (C=O) groups excluding carboxylic acids is 1. The smallest absolute Gasteiger partial charge is 0.326 e. The highest BCUT2D eigenvalue weighted by molar-refractivity contribution is 9.10. The van der Waals surface area contributed by atoms with Gasteiger partial charge in [-0.2, -0.15) is 0 Å². The number of ether oxygens (including phenoxy) is 1. The summed E-state index contributed by atoms with van der Waals surface area (Å²) in [4.78, 5) is 24.6. The lowest BCUT2D eigenvalue weighted by atomic mass is 10.0. The van der Waals surface area contributed by atoms with Crippen LogP contribution in [0.25, 0.3) is 0 Å². The molecule has 0 aliphatic carbocycles. The molecule has 114 valence electrons. The van der Waals surface area contributed by atoms with E-state index in [9.17, 15) is 14.0 Å². The molecular formula is C14H15BrFNO4. The third-order valence-electron chi connectivity index (χ3n) is 3.35. The highest BCUT2D eigenvalue weighted by Gasteiger charge is 2.32. The number of nitrogens with zero attached hydrogens (tertiary/aromatic N) is 1. The number of halogens is 2. The summed E-state index contributed by atoms with van der Waals surface area (Å²) >= 11 is 3.14. The molecular weight excluding hydrogens is 345 g/mol. The average Bonchev–Trinajstić information content (AvgIpc) is 2.46. The van der Waals surface area contributed by atoms with Crippen LogP contribution in [-0.2, 0) is 9.59 Å². The summed E-state index contributed by atoms with van der Waals surface area (Å²) in [5.74, 6) is -1.44. The first-order chi connectivity index (χ1) is 9.99. The average molecular weight is 360 g/mol. The Labute approximate surface area is 129 Å². The Hall–Kier alpha value is -1.63. The van der Waals surface area contributed by atoms with E-state index < -0.39 is 17.8 Å². The van der Waals surface area contributed by atoms with Crippen LogP contribution in [-0.4, -0.2) is 41.1 Å². The van der Waals surface area contributed by atoms with Gasteiger partial charge in [0.05, 0.1) is 4.47 Å². The predicted octanol–water partition coefficient (Wildman–Crippen LogP) is 2.43. The zero-order valence-corrected chi connectivity index (χ0v) is 12.8. The maximum absolute atomic E-state index is 13.0. The Kier molecular flexibility index (Phi) is 5.17. The molecule has 1 heterocycles. The Balaban J connectivity index is 1.98. The van der Waals surface area contributed by atoms with Crippen molar-refractivity contribution in [2.45, 2.75) is 25.3 Å². The zero-order chi connectivity index (χ0) is 15.4. The first-order valence-corrected chi connectivity index (χ1v) is 7.38. The molecule has 1 saturated heterocycles. The number of amides is 1. The summed E-state index contributed by atoms with van der Waals surface area (Å²) in [5, 5.41) is 9.13. The van der Waals surface area contributed by atoms with E-state index in [0.29, 0.717) is 23.2 Å². The first-order valence-electron chi connectivity index (χ1n) is 6.59. The molecule has 0 radical (unpaired) electrons. The number of hydrogen-bond donors (Lipinski definition) is 1. The standard InChI is InChI=1S/C14H15BrFNO4/c15-10-7-9(16)4-5-12(10)21-8-13(18)17-6-2-1-3-11(17)14(19)20/h4-5,7,11H,1-3,6,8H2,(H,19,20)/t11-/m1/s1. The third kappa shape index (κ3) is 3.93. The number of hydrogen-bond acceptors (Lipinski definition) is 3. The van der Waals surface area contributed by atoms with Gasteiger partial charge < -0.3 is 14.7 Å². The number of carboxylic acids is 1. The van der Waals surface area contributed by atoms with E-state index in [2.05, 4.69) is 15.9 Å². The highest BCUT2D eigenvalue weighted by atomic mass is 79.9. The van der Waals surface area contributed by atoms with Gasteiger partial charge in [0.1, 0.15) is 17.6 Å². The van der Waals surface area contributed by atoms with Crippen LogP contribution < -0.4 is 4.74 Å². The fourth-order valence-electron chi connectivity index (χ4n) is 2.30.